The van der Waals surface area contributed by atoms with Gasteiger partial charge < -0.3 is 25.0 Å². The van der Waals surface area contributed by atoms with Gasteiger partial charge in [0.15, 0.2) is 0 Å². The molecular weight excluding hydrogens is 435 g/mol. The lowest BCUT2D eigenvalue weighted by molar-refractivity contribution is -0.142. The molecule has 2 aliphatic rings. The SMILES string of the molecule is O=C([C@H]1C[C@@H](NCc2cccc(F)c2)[C@H](c2cnc(-c3ccccc3)[nH]2)[C@@H]1O)N1CCOCC1. The topological polar surface area (TPSA) is 90.5 Å². The number of nitrogens with one attached hydrogen (secondary N) is 2. The van der Waals surface area contributed by atoms with Gasteiger partial charge in [-0.1, -0.05) is 42.5 Å². The quantitative estimate of drug-likeness (QED) is 0.522. The second-order valence-electron chi connectivity index (χ2n) is 8.97. The summed E-state index contributed by atoms with van der Waals surface area (Å²) in [7, 11) is 0. The van der Waals surface area contributed by atoms with E-state index in [1.807, 2.05) is 36.4 Å². The van der Waals surface area contributed by atoms with Gasteiger partial charge in [-0.2, -0.15) is 0 Å². The summed E-state index contributed by atoms with van der Waals surface area (Å²) >= 11 is 0. The molecule has 0 bridgehead atoms. The van der Waals surface area contributed by atoms with Gasteiger partial charge in [0.2, 0.25) is 5.91 Å². The molecule has 2 fully saturated rings. The van der Waals surface area contributed by atoms with Crippen molar-refractivity contribution in [2.45, 2.75) is 31.0 Å². The standard InChI is InChI=1S/C26H29FN4O3/c27-19-8-4-5-17(13-19)15-28-21-14-20(26(33)31-9-11-34-12-10-31)24(32)23(21)22-16-29-25(30-22)18-6-2-1-3-7-18/h1-8,13,16,20-21,23-24,28,32H,9-12,14-15H2,(H,29,30)/t20-,21+,23+,24+/m0/s1. The van der Waals surface area contributed by atoms with Crippen molar-refractivity contribution in [3.05, 3.63) is 77.9 Å². The summed E-state index contributed by atoms with van der Waals surface area (Å²) in [4.78, 5) is 23.0. The number of aliphatic hydroxyl groups excluding tert-OH is 1. The number of aromatic amines is 1. The summed E-state index contributed by atoms with van der Waals surface area (Å²) in [5.41, 5.74) is 2.54. The van der Waals surface area contributed by atoms with E-state index < -0.39 is 12.0 Å². The predicted molar refractivity (Wildman–Crippen MR) is 125 cm³/mol. The molecule has 4 atom stereocenters. The lowest BCUT2D eigenvalue weighted by Gasteiger charge is -2.30. The number of amides is 1. The lowest BCUT2D eigenvalue weighted by Crippen LogP contribution is -2.45. The van der Waals surface area contributed by atoms with Crippen molar-refractivity contribution in [2.24, 2.45) is 5.92 Å². The molecule has 2 aromatic carbocycles. The Bertz CT molecular complexity index is 1120. The number of carbonyl (C=O) groups excluding carboxylic acids is 1. The van der Waals surface area contributed by atoms with Crippen molar-refractivity contribution in [2.75, 3.05) is 26.3 Å². The van der Waals surface area contributed by atoms with Crippen LogP contribution < -0.4 is 5.32 Å². The summed E-state index contributed by atoms with van der Waals surface area (Å²) in [6.45, 7) is 2.54. The van der Waals surface area contributed by atoms with Gasteiger partial charge in [0, 0.05) is 49.0 Å². The molecule has 0 radical (unpaired) electrons. The van der Waals surface area contributed by atoms with Gasteiger partial charge in [-0.05, 0) is 24.1 Å². The number of morpholine rings is 1. The van der Waals surface area contributed by atoms with E-state index in [4.69, 9.17) is 4.74 Å². The fourth-order valence-electron chi connectivity index (χ4n) is 5.07. The number of carbonyl (C=O) groups is 1. The number of rotatable bonds is 6. The smallest absolute Gasteiger partial charge is 0.228 e. The van der Waals surface area contributed by atoms with Crippen molar-refractivity contribution >= 4 is 5.91 Å². The Labute approximate surface area is 198 Å². The first-order valence-corrected chi connectivity index (χ1v) is 11.7. The van der Waals surface area contributed by atoms with Gasteiger partial charge in [0.05, 0.1) is 25.2 Å². The van der Waals surface area contributed by atoms with Crippen LogP contribution in [0.25, 0.3) is 11.4 Å². The van der Waals surface area contributed by atoms with Crippen LogP contribution in [0.4, 0.5) is 4.39 Å². The molecule has 2 heterocycles. The number of nitrogens with zero attached hydrogens (tertiary/aromatic N) is 2. The molecule has 178 valence electrons. The van der Waals surface area contributed by atoms with Crippen LogP contribution in [0.1, 0.15) is 23.6 Å². The summed E-state index contributed by atoms with van der Waals surface area (Å²) < 4.78 is 19.0. The van der Waals surface area contributed by atoms with E-state index in [9.17, 15) is 14.3 Å². The number of benzene rings is 2. The summed E-state index contributed by atoms with van der Waals surface area (Å²) in [6, 6.07) is 16.0. The minimum Gasteiger partial charge on any atom is -0.392 e. The highest BCUT2D eigenvalue weighted by Crippen LogP contribution is 2.40. The molecule has 8 heteroatoms. The molecule has 1 aromatic heterocycles. The molecule has 34 heavy (non-hydrogen) atoms. The molecule has 1 saturated heterocycles. The van der Waals surface area contributed by atoms with Crippen LogP contribution >= 0.6 is 0 Å². The van der Waals surface area contributed by atoms with Gasteiger partial charge in [-0.3, -0.25) is 4.79 Å². The van der Waals surface area contributed by atoms with Crippen LogP contribution in [0.15, 0.2) is 60.8 Å². The van der Waals surface area contributed by atoms with Gasteiger partial charge in [-0.25, -0.2) is 9.37 Å². The van der Waals surface area contributed by atoms with Crippen LogP contribution in [-0.2, 0) is 16.1 Å². The number of hydrogen-bond acceptors (Lipinski definition) is 5. The zero-order chi connectivity index (χ0) is 23.5. The second kappa shape index (κ2) is 10.0. The first-order chi connectivity index (χ1) is 16.6. The molecule has 5 rings (SSSR count). The van der Waals surface area contributed by atoms with E-state index >= 15 is 0 Å². The number of halogens is 1. The predicted octanol–water partition coefficient (Wildman–Crippen LogP) is 2.70. The van der Waals surface area contributed by atoms with Crippen molar-refractivity contribution < 1.29 is 19.0 Å². The van der Waals surface area contributed by atoms with E-state index in [0.29, 0.717) is 39.3 Å². The second-order valence-corrected chi connectivity index (χ2v) is 8.97. The van der Waals surface area contributed by atoms with Crippen molar-refractivity contribution in [1.82, 2.24) is 20.2 Å². The third-order valence-corrected chi connectivity index (χ3v) is 6.82. The third-order valence-electron chi connectivity index (χ3n) is 6.82. The molecule has 0 unspecified atom stereocenters. The highest BCUT2D eigenvalue weighted by molar-refractivity contribution is 5.80. The number of imidazole rings is 1. The van der Waals surface area contributed by atoms with Gasteiger partial charge in [0.1, 0.15) is 11.6 Å². The molecule has 3 aromatic rings. The van der Waals surface area contributed by atoms with E-state index in [2.05, 4.69) is 15.3 Å². The third kappa shape index (κ3) is 4.75. The minimum absolute atomic E-state index is 0.0429. The van der Waals surface area contributed by atoms with E-state index in [0.717, 1.165) is 22.6 Å². The summed E-state index contributed by atoms with van der Waals surface area (Å²) in [5, 5.41) is 14.8. The van der Waals surface area contributed by atoms with Gasteiger partial charge >= 0.3 is 0 Å². The van der Waals surface area contributed by atoms with Crippen LogP contribution in [0.3, 0.4) is 0 Å². The Hall–Kier alpha value is -3.07. The molecule has 7 nitrogen and oxygen atoms in total. The fourth-order valence-corrected chi connectivity index (χ4v) is 5.07. The van der Waals surface area contributed by atoms with Crippen LogP contribution in [0.5, 0.6) is 0 Å². The first-order valence-electron chi connectivity index (χ1n) is 11.7. The largest absolute Gasteiger partial charge is 0.392 e. The highest BCUT2D eigenvalue weighted by Gasteiger charge is 2.48. The van der Waals surface area contributed by atoms with Crippen molar-refractivity contribution in [1.29, 1.82) is 0 Å². The van der Waals surface area contributed by atoms with Crippen LogP contribution in [0, 0.1) is 11.7 Å². The Balaban J connectivity index is 1.39. The lowest BCUT2D eigenvalue weighted by atomic mass is 9.95. The van der Waals surface area contributed by atoms with Crippen molar-refractivity contribution in [3.8, 4) is 11.4 Å². The molecule has 1 aliphatic carbocycles. The Kier molecular flexibility index (Phi) is 6.71. The average Bonchev–Trinajstić information content (AvgIpc) is 3.48. The number of H-pyrrole nitrogens is 1. The monoisotopic (exact) mass is 464 g/mol. The first kappa shape index (κ1) is 22.7. The fraction of sp³-hybridized carbons (Fsp3) is 0.385. The van der Waals surface area contributed by atoms with Gasteiger partial charge in [-0.15, -0.1) is 0 Å². The molecule has 1 amide bonds. The Morgan fingerprint density at radius 1 is 1.18 bits per heavy atom. The van der Waals surface area contributed by atoms with Crippen LogP contribution in [-0.4, -0.2) is 64.3 Å². The van der Waals surface area contributed by atoms with Crippen molar-refractivity contribution in [3.63, 3.8) is 0 Å². The highest BCUT2D eigenvalue weighted by atomic mass is 19.1. The molecule has 1 saturated carbocycles. The minimum atomic E-state index is -0.871. The maximum atomic E-state index is 13.7. The molecule has 3 N–H and O–H groups in total. The zero-order valence-corrected chi connectivity index (χ0v) is 18.9. The number of ether oxygens (including phenoxy) is 1. The normalized spacial score (nSPS) is 24.9. The van der Waals surface area contributed by atoms with E-state index in [-0.39, 0.29) is 23.7 Å². The Morgan fingerprint density at radius 2 is 1.97 bits per heavy atom. The maximum absolute atomic E-state index is 13.7. The zero-order valence-electron chi connectivity index (χ0n) is 18.9. The molecule has 1 aliphatic heterocycles. The van der Waals surface area contributed by atoms with E-state index in [1.54, 1.807) is 17.2 Å². The van der Waals surface area contributed by atoms with E-state index in [1.165, 1.54) is 12.1 Å². The molecule has 0 spiro atoms. The summed E-state index contributed by atoms with van der Waals surface area (Å²) in [5.74, 6) is -0.498. The number of aliphatic hydroxyl groups is 1. The maximum Gasteiger partial charge on any atom is 0.228 e. The molecular formula is C26H29FN4O3. The van der Waals surface area contributed by atoms with Crippen LogP contribution in [0.2, 0.25) is 0 Å². The average molecular weight is 465 g/mol. The number of aromatic nitrogens is 2. The van der Waals surface area contributed by atoms with Gasteiger partial charge in [0.25, 0.3) is 0 Å². The number of hydrogen-bond donors (Lipinski definition) is 3. The summed E-state index contributed by atoms with van der Waals surface area (Å²) in [6.07, 6.45) is 1.36. The Morgan fingerprint density at radius 3 is 2.74 bits per heavy atom.